The Hall–Kier alpha value is -0.770. The minimum atomic E-state index is 0.345. The van der Waals surface area contributed by atoms with Crippen molar-refractivity contribution in [1.29, 1.82) is 0 Å². The fraction of sp³-hybridized carbons (Fsp3) is 0.933. The van der Waals surface area contributed by atoms with Crippen LogP contribution in [0.1, 0.15) is 59.3 Å². The van der Waals surface area contributed by atoms with Crippen LogP contribution >= 0.6 is 0 Å². The molecule has 4 heteroatoms. The molecule has 0 aromatic carbocycles. The van der Waals surface area contributed by atoms with Crippen molar-refractivity contribution < 1.29 is 5.21 Å². The smallest absolute Gasteiger partial charge is 0.140 e. The van der Waals surface area contributed by atoms with E-state index in [1.807, 2.05) is 0 Å². The number of hydrogen-bond donors (Lipinski definition) is 2. The largest absolute Gasteiger partial charge is 0.409 e. The normalized spacial score (nSPS) is 25.2. The molecule has 19 heavy (non-hydrogen) atoms. The maximum absolute atomic E-state index is 8.68. The summed E-state index contributed by atoms with van der Waals surface area (Å²) in [5.74, 6) is 1.82. The zero-order chi connectivity index (χ0) is 14.3. The van der Waals surface area contributed by atoms with Crippen LogP contribution in [0.25, 0.3) is 0 Å². The van der Waals surface area contributed by atoms with Crippen molar-refractivity contribution in [2.45, 2.75) is 65.3 Å². The van der Waals surface area contributed by atoms with Gasteiger partial charge in [-0.25, -0.2) is 0 Å². The van der Waals surface area contributed by atoms with Crippen molar-refractivity contribution in [3.8, 4) is 0 Å². The lowest BCUT2D eigenvalue weighted by Gasteiger charge is -2.40. The summed E-state index contributed by atoms with van der Waals surface area (Å²) in [5.41, 5.74) is 5.62. The molecule has 0 heterocycles. The molecule has 1 rings (SSSR count). The van der Waals surface area contributed by atoms with Crippen LogP contribution in [0.4, 0.5) is 0 Å². The van der Waals surface area contributed by atoms with Crippen molar-refractivity contribution >= 4 is 5.84 Å². The third-order valence-electron chi connectivity index (χ3n) is 4.25. The van der Waals surface area contributed by atoms with Gasteiger partial charge in [0.05, 0.1) is 0 Å². The molecule has 1 aliphatic rings. The average molecular weight is 269 g/mol. The van der Waals surface area contributed by atoms with Crippen molar-refractivity contribution in [3.05, 3.63) is 0 Å². The maximum Gasteiger partial charge on any atom is 0.140 e. The monoisotopic (exact) mass is 269 g/mol. The molecule has 4 nitrogen and oxygen atoms in total. The molecule has 3 N–H and O–H groups in total. The van der Waals surface area contributed by atoms with Crippen LogP contribution in [0.5, 0.6) is 0 Å². The van der Waals surface area contributed by atoms with Crippen molar-refractivity contribution in [3.63, 3.8) is 0 Å². The summed E-state index contributed by atoms with van der Waals surface area (Å²) in [7, 11) is 0. The summed E-state index contributed by atoms with van der Waals surface area (Å²) in [6, 6.07) is 0.688. The lowest BCUT2D eigenvalue weighted by molar-refractivity contribution is 0.0919. The zero-order valence-electron chi connectivity index (χ0n) is 12.8. The van der Waals surface area contributed by atoms with E-state index in [9.17, 15) is 0 Å². The number of rotatable bonds is 7. The van der Waals surface area contributed by atoms with Crippen LogP contribution in [0, 0.1) is 11.8 Å². The third-order valence-corrected chi connectivity index (χ3v) is 4.25. The van der Waals surface area contributed by atoms with Gasteiger partial charge in [0.15, 0.2) is 0 Å². The van der Waals surface area contributed by atoms with E-state index in [-0.39, 0.29) is 0 Å². The highest BCUT2D eigenvalue weighted by Gasteiger charge is 2.29. The first kappa shape index (κ1) is 16.3. The number of hydrogen-bond acceptors (Lipinski definition) is 3. The van der Waals surface area contributed by atoms with Crippen molar-refractivity contribution in [1.82, 2.24) is 4.90 Å². The van der Waals surface area contributed by atoms with Crippen LogP contribution in [-0.2, 0) is 0 Å². The second-order valence-electron chi connectivity index (χ2n) is 6.25. The van der Waals surface area contributed by atoms with Crippen LogP contribution < -0.4 is 5.73 Å². The predicted molar refractivity (Wildman–Crippen MR) is 80.5 cm³/mol. The average Bonchev–Trinajstić information content (AvgIpc) is 2.42. The maximum atomic E-state index is 8.68. The Kier molecular flexibility index (Phi) is 7.21. The van der Waals surface area contributed by atoms with Gasteiger partial charge in [0.25, 0.3) is 0 Å². The van der Waals surface area contributed by atoms with Gasteiger partial charge < -0.3 is 10.9 Å². The molecule has 0 aromatic rings. The second-order valence-corrected chi connectivity index (χ2v) is 6.25. The van der Waals surface area contributed by atoms with Crippen LogP contribution in [0.3, 0.4) is 0 Å². The number of nitrogens with two attached hydrogens (primary N) is 1. The Morgan fingerprint density at radius 1 is 1.37 bits per heavy atom. The molecule has 2 unspecified atom stereocenters. The minimum absolute atomic E-state index is 0.345. The highest BCUT2D eigenvalue weighted by molar-refractivity contribution is 5.79. The molecule has 1 aliphatic carbocycles. The van der Waals surface area contributed by atoms with E-state index < -0.39 is 0 Å². The Balaban J connectivity index is 2.64. The van der Waals surface area contributed by atoms with E-state index in [4.69, 9.17) is 10.9 Å². The lowest BCUT2D eigenvalue weighted by atomic mass is 9.81. The molecular weight excluding hydrogens is 238 g/mol. The van der Waals surface area contributed by atoms with Crippen LogP contribution in [0.2, 0.25) is 0 Å². The number of amidine groups is 1. The van der Waals surface area contributed by atoms with E-state index in [2.05, 4.69) is 30.8 Å². The first-order valence-corrected chi connectivity index (χ1v) is 7.78. The summed E-state index contributed by atoms with van der Waals surface area (Å²) >= 11 is 0. The van der Waals surface area contributed by atoms with Crippen molar-refractivity contribution in [2.75, 3.05) is 13.1 Å². The molecule has 0 radical (unpaired) electrons. The van der Waals surface area contributed by atoms with E-state index in [0.29, 0.717) is 24.2 Å². The molecule has 0 bridgehead atoms. The lowest BCUT2D eigenvalue weighted by Crippen LogP contribution is -2.45. The molecule has 2 atom stereocenters. The fourth-order valence-electron chi connectivity index (χ4n) is 3.31. The van der Waals surface area contributed by atoms with Gasteiger partial charge in [-0.05, 0) is 24.7 Å². The van der Waals surface area contributed by atoms with Crippen molar-refractivity contribution in [2.24, 2.45) is 22.7 Å². The second kappa shape index (κ2) is 8.41. The Bertz CT molecular complexity index is 279. The van der Waals surface area contributed by atoms with Gasteiger partial charge in [0.2, 0.25) is 0 Å². The summed E-state index contributed by atoms with van der Waals surface area (Å²) in [6.45, 7) is 8.86. The van der Waals surface area contributed by atoms with E-state index in [1.54, 1.807) is 0 Å². The molecule has 1 saturated carbocycles. The minimum Gasteiger partial charge on any atom is -0.409 e. The summed E-state index contributed by atoms with van der Waals surface area (Å²) in [5, 5.41) is 11.8. The molecule has 112 valence electrons. The van der Waals surface area contributed by atoms with Gasteiger partial charge in [-0.15, -0.1) is 0 Å². The fourth-order valence-corrected chi connectivity index (χ4v) is 3.31. The molecule has 0 spiro atoms. The molecule has 0 aliphatic heterocycles. The van der Waals surface area contributed by atoms with E-state index in [1.165, 1.54) is 32.1 Å². The zero-order valence-corrected chi connectivity index (χ0v) is 12.8. The van der Waals surface area contributed by atoms with E-state index in [0.717, 1.165) is 19.0 Å². The van der Waals surface area contributed by atoms with Gasteiger partial charge in [-0.2, -0.15) is 0 Å². The summed E-state index contributed by atoms with van der Waals surface area (Å²) in [6.07, 6.45) is 7.32. The van der Waals surface area contributed by atoms with E-state index >= 15 is 0 Å². The van der Waals surface area contributed by atoms with Gasteiger partial charge in [0, 0.05) is 25.6 Å². The summed E-state index contributed by atoms with van der Waals surface area (Å²) in [4.78, 5) is 2.58. The molecule has 0 saturated heterocycles. The number of nitrogens with zero attached hydrogens (tertiary/aromatic N) is 2. The Labute approximate surface area is 118 Å². The van der Waals surface area contributed by atoms with Gasteiger partial charge in [0.1, 0.15) is 5.84 Å². The highest BCUT2D eigenvalue weighted by atomic mass is 16.4. The Morgan fingerprint density at radius 3 is 2.63 bits per heavy atom. The molecule has 0 aromatic heterocycles. The van der Waals surface area contributed by atoms with Gasteiger partial charge >= 0.3 is 0 Å². The molecular formula is C15H31N3O. The SMILES string of the molecule is CCC1CCCCC1N(CCC(N)=NO)CC(C)C. The van der Waals surface area contributed by atoms with Gasteiger partial charge in [-0.3, -0.25) is 4.90 Å². The molecule has 0 amide bonds. The van der Waals surface area contributed by atoms with Crippen LogP contribution in [0.15, 0.2) is 5.16 Å². The topological polar surface area (TPSA) is 61.8 Å². The van der Waals surface area contributed by atoms with Crippen LogP contribution in [-0.4, -0.2) is 35.1 Å². The third kappa shape index (κ3) is 5.39. The molecule has 1 fully saturated rings. The predicted octanol–water partition coefficient (Wildman–Crippen LogP) is 3.05. The Morgan fingerprint density at radius 2 is 2.05 bits per heavy atom. The van der Waals surface area contributed by atoms with Gasteiger partial charge in [-0.1, -0.05) is 45.2 Å². The quantitative estimate of drug-likeness (QED) is 0.323. The number of oxime groups is 1. The standard InChI is InChI=1S/C15H31N3O/c1-4-13-7-5-6-8-14(13)18(11-12(2)3)10-9-15(16)17-19/h12-14,19H,4-11H2,1-3H3,(H2,16,17). The summed E-state index contributed by atoms with van der Waals surface area (Å²) < 4.78 is 0. The first-order valence-electron chi connectivity index (χ1n) is 7.78. The first-order chi connectivity index (χ1) is 9.08. The highest BCUT2D eigenvalue weighted by Crippen LogP contribution is 2.31.